The van der Waals surface area contributed by atoms with Gasteiger partial charge >= 0.3 is 0 Å². The van der Waals surface area contributed by atoms with Crippen LogP contribution in [0.1, 0.15) is 32.5 Å². The Kier molecular flexibility index (Phi) is 9.76. The Morgan fingerprint density at radius 3 is 2.47 bits per heavy atom. The monoisotopic (exact) mass is 611 g/mol. The Labute approximate surface area is 262 Å². The van der Waals surface area contributed by atoms with Gasteiger partial charge in [0, 0.05) is 55.7 Å². The van der Waals surface area contributed by atoms with Crippen LogP contribution in [0.25, 0.3) is 16.8 Å². The first kappa shape index (κ1) is 31.6. The summed E-state index contributed by atoms with van der Waals surface area (Å²) in [6.07, 6.45) is 7.24. The van der Waals surface area contributed by atoms with Crippen molar-refractivity contribution < 1.29 is 18.7 Å². The summed E-state index contributed by atoms with van der Waals surface area (Å²) in [5.41, 5.74) is 7.35. The number of ether oxygens (including phenoxy) is 2. The average molecular weight is 612 g/mol. The van der Waals surface area contributed by atoms with E-state index in [1.807, 2.05) is 57.2 Å². The van der Waals surface area contributed by atoms with Gasteiger partial charge in [-0.15, -0.1) is 0 Å². The largest absolute Gasteiger partial charge is 0.457 e. The molecule has 0 saturated carbocycles. The van der Waals surface area contributed by atoms with Crippen LogP contribution in [0.5, 0.6) is 11.5 Å². The lowest BCUT2D eigenvalue weighted by Gasteiger charge is -2.39. The number of aromatic nitrogens is 3. The fraction of sp³-hybridized carbons (Fsp3) is 0.353. The summed E-state index contributed by atoms with van der Waals surface area (Å²) in [4.78, 5) is 24.9. The number of morpholine rings is 1. The summed E-state index contributed by atoms with van der Waals surface area (Å²) in [6.45, 7) is 10.6. The zero-order valence-corrected chi connectivity index (χ0v) is 25.9. The molecule has 45 heavy (non-hydrogen) atoms. The lowest BCUT2D eigenvalue weighted by atomic mass is 9.98. The van der Waals surface area contributed by atoms with Crippen molar-refractivity contribution in [2.24, 2.45) is 0 Å². The van der Waals surface area contributed by atoms with E-state index < -0.39 is 5.82 Å². The number of anilines is 1. The maximum absolute atomic E-state index is 14.7. The second kappa shape index (κ2) is 13.9. The molecule has 2 fully saturated rings. The number of rotatable bonds is 6. The Morgan fingerprint density at radius 1 is 1.09 bits per heavy atom. The van der Waals surface area contributed by atoms with Gasteiger partial charge in [-0.3, -0.25) is 14.1 Å². The van der Waals surface area contributed by atoms with Crippen LogP contribution in [-0.2, 0) is 9.53 Å². The first-order chi connectivity index (χ1) is 21.7. The van der Waals surface area contributed by atoms with E-state index in [9.17, 15) is 14.4 Å². The van der Waals surface area contributed by atoms with Crippen LogP contribution in [0.15, 0.2) is 72.6 Å². The molecule has 0 unspecified atom stereocenters. The molecule has 0 atom stereocenters. The number of hydrogen-bond acceptors (Lipinski definition) is 8. The molecule has 4 heterocycles. The van der Waals surface area contributed by atoms with Crippen molar-refractivity contribution in [2.75, 3.05) is 45.1 Å². The van der Waals surface area contributed by atoms with Gasteiger partial charge in [-0.2, -0.15) is 5.26 Å². The molecule has 234 valence electrons. The Hall–Kier alpha value is -4.79. The molecular formula is C34H38FN7O3. The Balaban J connectivity index is 0.000000183. The molecule has 10 nitrogen and oxygen atoms in total. The summed E-state index contributed by atoms with van der Waals surface area (Å²) < 4.78 is 27.5. The zero-order valence-electron chi connectivity index (χ0n) is 25.9. The summed E-state index contributed by atoms with van der Waals surface area (Å²) in [5, 5.41) is 9.31. The number of carbonyl (C=O) groups excluding carboxylic acids is 1. The second-order valence-corrected chi connectivity index (χ2v) is 11.5. The van der Waals surface area contributed by atoms with Crippen LogP contribution in [0, 0.1) is 24.1 Å². The number of amides is 1. The second-order valence-electron chi connectivity index (χ2n) is 11.5. The Morgan fingerprint density at radius 2 is 1.80 bits per heavy atom. The van der Waals surface area contributed by atoms with E-state index in [-0.39, 0.29) is 17.0 Å². The highest BCUT2D eigenvalue weighted by atomic mass is 19.1. The molecule has 11 heteroatoms. The van der Waals surface area contributed by atoms with Gasteiger partial charge in [0.15, 0.2) is 0 Å². The van der Waals surface area contributed by atoms with Crippen LogP contribution in [-0.4, -0.2) is 75.0 Å². The van der Waals surface area contributed by atoms with Crippen LogP contribution in [0.2, 0.25) is 0 Å². The number of aryl methyl sites for hydroxylation is 1. The SMILES string of the molecule is CC(C)(/C=C(\C#N)C(=O)N1CCCC1)N1CCOCC1.Cc1nc(-c2ccc(Oc3ccccc3)cc2F)c2c(N)nccn12. The van der Waals surface area contributed by atoms with Gasteiger partial charge in [-0.05, 0) is 64.0 Å². The molecule has 4 aromatic rings. The van der Waals surface area contributed by atoms with Gasteiger partial charge < -0.3 is 20.1 Å². The van der Waals surface area contributed by atoms with Crippen LogP contribution >= 0.6 is 0 Å². The van der Waals surface area contributed by atoms with Gasteiger partial charge in [0.1, 0.15) is 51.8 Å². The molecule has 2 aromatic heterocycles. The lowest BCUT2D eigenvalue weighted by Crippen LogP contribution is -2.49. The highest BCUT2D eigenvalue weighted by Gasteiger charge is 2.30. The minimum Gasteiger partial charge on any atom is -0.457 e. The number of hydrogen-bond donors (Lipinski definition) is 1. The highest BCUT2D eigenvalue weighted by molar-refractivity contribution is 5.97. The zero-order chi connectivity index (χ0) is 32.0. The van der Waals surface area contributed by atoms with Crippen molar-refractivity contribution in [3.8, 4) is 28.8 Å². The third kappa shape index (κ3) is 7.30. The van der Waals surface area contributed by atoms with E-state index in [0.29, 0.717) is 53.1 Å². The predicted molar refractivity (Wildman–Crippen MR) is 170 cm³/mol. The molecule has 6 rings (SSSR count). The van der Waals surface area contributed by atoms with Gasteiger partial charge in [0.2, 0.25) is 0 Å². The first-order valence-corrected chi connectivity index (χ1v) is 15.0. The van der Waals surface area contributed by atoms with Crippen LogP contribution in [0.3, 0.4) is 0 Å². The van der Waals surface area contributed by atoms with E-state index >= 15 is 0 Å². The van der Waals surface area contributed by atoms with E-state index in [4.69, 9.17) is 15.2 Å². The topological polar surface area (TPSA) is 122 Å². The molecular weight excluding hydrogens is 573 g/mol. The average Bonchev–Trinajstić information content (AvgIpc) is 3.70. The number of halogens is 1. The van der Waals surface area contributed by atoms with Crippen molar-refractivity contribution >= 4 is 17.2 Å². The molecule has 2 aliphatic rings. The lowest BCUT2D eigenvalue weighted by molar-refractivity contribution is -0.125. The molecule has 0 bridgehead atoms. The number of carbonyl (C=O) groups is 1. The minimum absolute atomic E-state index is 0.119. The standard InChI is InChI=1S/C19H15FN4O.C15H23N3O2/c1-12-23-17(18-19(21)22-9-10-24(12)18)15-8-7-14(11-16(15)20)25-13-5-3-2-4-6-13;1-15(2,18-7-9-20-10-8-18)11-13(12-16)14(19)17-5-3-4-6-17/h2-11H,1H3,(H2,21,22);11H,3-10H2,1-2H3/b;13-11+. The molecule has 0 aliphatic carbocycles. The smallest absolute Gasteiger partial charge is 0.264 e. The van der Waals surface area contributed by atoms with Crippen molar-refractivity contribution in [3.63, 3.8) is 0 Å². The van der Waals surface area contributed by atoms with E-state index in [0.717, 1.165) is 39.0 Å². The molecule has 0 radical (unpaired) electrons. The fourth-order valence-corrected chi connectivity index (χ4v) is 5.59. The van der Waals surface area contributed by atoms with Crippen molar-refractivity contribution in [3.05, 3.63) is 84.2 Å². The third-order valence-electron chi connectivity index (χ3n) is 8.00. The fourth-order valence-electron chi connectivity index (χ4n) is 5.59. The van der Waals surface area contributed by atoms with Crippen LogP contribution in [0.4, 0.5) is 10.2 Å². The summed E-state index contributed by atoms with van der Waals surface area (Å²) in [5.74, 6) is 1.53. The number of fused-ring (bicyclic) bond motifs is 1. The molecule has 2 aliphatic heterocycles. The van der Waals surface area contributed by atoms with E-state index in [2.05, 4.69) is 20.9 Å². The van der Waals surface area contributed by atoms with Crippen molar-refractivity contribution in [2.45, 2.75) is 39.2 Å². The maximum atomic E-state index is 14.7. The number of imidazole rings is 1. The highest BCUT2D eigenvalue weighted by Crippen LogP contribution is 2.32. The van der Waals surface area contributed by atoms with Gasteiger partial charge in [0.25, 0.3) is 5.91 Å². The summed E-state index contributed by atoms with van der Waals surface area (Å²) in [7, 11) is 0. The third-order valence-corrected chi connectivity index (χ3v) is 8.00. The van der Waals surface area contributed by atoms with Gasteiger partial charge in [-0.25, -0.2) is 14.4 Å². The van der Waals surface area contributed by atoms with Crippen molar-refractivity contribution in [1.29, 1.82) is 5.26 Å². The molecule has 1 amide bonds. The number of likely N-dealkylation sites (tertiary alicyclic amines) is 1. The number of nitrogens with zero attached hydrogens (tertiary/aromatic N) is 6. The number of benzene rings is 2. The molecule has 2 aromatic carbocycles. The van der Waals surface area contributed by atoms with E-state index in [1.54, 1.807) is 33.8 Å². The van der Waals surface area contributed by atoms with Gasteiger partial charge in [-0.1, -0.05) is 18.2 Å². The van der Waals surface area contributed by atoms with Gasteiger partial charge in [0.05, 0.1) is 13.2 Å². The molecule has 2 saturated heterocycles. The minimum atomic E-state index is -0.434. The number of nitrogen functional groups attached to an aromatic ring is 1. The predicted octanol–water partition coefficient (Wildman–Crippen LogP) is 5.39. The molecule has 0 spiro atoms. The van der Waals surface area contributed by atoms with Crippen molar-refractivity contribution in [1.82, 2.24) is 24.2 Å². The quantitative estimate of drug-likeness (QED) is 0.228. The summed E-state index contributed by atoms with van der Waals surface area (Å²) in [6, 6.07) is 16.0. The maximum Gasteiger partial charge on any atom is 0.264 e. The number of nitriles is 1. The number of para-hydroxylation sites is 1. The Bertz CT molecular complexity index is 1720. The first-order valence-electron chi connectivity index (χ1n) is 15.0. The normalized spacial score (nSPS) is 15.8. The molecule has 2 N–H and O–H groups in total. The number of nitrogens with two attached hydrogens (primary N) is 1. The van der Waals surface area contributed by atoms with Crippen LogP contribution < -0.4 is 10.5 Å². The van der Waals surface area contributed by atoms with E-state index in [1.165, 1.54) is 6.07 Å². The summed E-state index contributed by atoms with van der Waals surface area (Å²) >= 11 is 0.